The molecule has 0 aliphatic rings. The van der Waals surface area contributed by atoms with Crippen LogP contribution in [0.5, 0.6) is 11.5 Å². The van der Waals surface area contributed by atoms with Gasteiger partial charge in [0.25, 0.3) is 5.91 Å². The third-order valence-electron chi connectivity index (χ3n) is 3.18. The fourth-order valence-electron chi connectivity index (χ4n) is 1.99. The SMILES string of the molecule is COc1ccc(OCC(=O)Nc2nnc(SC)s2)c(C(C)(C)C)c1. The molecule has 0 atom stereocenters. The van der Waals surface area contributed by atoms with E-state index in [-0.39, 0.29) is 17.9 Å². The average molecular weight is 367 g/mol. The van der Waals surface area contributed by atoms with E-state index in [1.54, 1.807) is 7.11 Å². The highest BCUT2D eigenvalue weighted by molar-refractivity contribution is 8.00. The maximum absolute atomic E-state index is 12.0. The number of ether oxygens (including phenoxy) is 2. The van der Waals surface area contributed by atoms with Crippen molar-refractivity contribution < 1.29 is 14.3 Å². The van der Waals surface area contributed by atoms with Crippen LogP contribution in [-0.4, -0.2) is 36.1 Å². The Balaban J connectivity index is 2.04. The Bertz CT molecular complexity index is 711. The average Bonchev–Trinajstić information content (AvgIpc) is 2.99. The van der Waals surface area contributed by atoms with Crippen LogP contribution in [0, 0.1) is 0 Å². The summed E-state index contributed by atoms with van der Waals surface area (Å²) in [6.45, 7) is 6.16. The van der Waals surface area contributed by atoms with Crippen molar-refractivity contribution in [2.24, 2.45) is 0 Å². The normalized spacial score (nSPS) is 11.2. The van der Waals surface area contributed by atoms with Crippen molar-refractivity contribution in [3.63, 3.8) is 0 Å². The van der Waals surface area contributed by atoms with E-state index in [0.29, 0.717) is 10.9 Å². The van der Waals surface area contributed by atoms with E-state index in [4.69, 9.17) is 9.47 Å². The van der Waals surface area contributed by atoms with E-state index < -0.39 is 0 Å². The molecule has 1 aromatic carbocycles. The van der Waals surface area contributed by atoms with Crippen molar-refractivity contribution in [2.75, 3.05) is 25.3 Å². The predicted octanol–water partition coefficient (Wildman–Crippen LogP) is 3.58. The molecule has 130 valence electrons. The van der Waals surface area contributed by atoms with Gasteiger partial charge in [0.05, 0.1) is 7.11 Å². The summed E-state index contributed by atoms with van der Waals surface area (Å²) < 4.78 is 11.8. The van der Waals surface area contributed by atoms with Gasteiger partial charge in [-0.25, -0.2) is 0 Å². The second-order valence-electron chi connectivity index (χ2n) is 6.03. The molecule has 0 unspecified atom stereocenters. The first kappa shape index (κ1) is 18.5. The molecule has 1 aromatic heterocycles. The third-order valence-corrected chi connectivity index (χ3v) is 5.00. The molecule has 1 heterocycles. The van der Waals surface area contributed by atoms with Gasteiger partial charge in [-0.15, -0.1) is 10.2 Å². The van der Waals surface area contributed by atoms with Gasteiger partial charge in [-0.2, -0.15) is 0 Å². The van der Waals surface area contributed by atoms with Gasteiger partial charge >= 0.3 is 0 Å². The Morgan fingerprint density at radius 1 is 1.33 bits per heavy atom. The molecule has 24 heavy (non-hydrogen) atoms. The first-order chi connectivity index (χ1) is 11.3. The highest BCUT2D eigenvalue weighted by atomic mass is 32.2. The minimum atomic E-state index is -0.269. The Labute approximate surface area is 150 Å². The van der Waals surface area contributed by atoms with Crippen molar-refractivity contribution in [2.45, 2.75) is 30.5 Å². The van der Waals surface area contributed by atoms with Crippen molar-refractivity contribution in [1.29, 1.82) is 0 Å². The number of nitrogens with zero attached hydrogens (tertiary/aromatic N) is 2. The van der Waals surface area contributed by atoms with Gasteiger partial charge < -0.3 is 9.47 Å². The van der Waals surface area contributed by atoms with Crippen LogP contribution in [0.4, 0.5) is 5.13 Å². The number of carbonyl (C=O) groups is 1. The number of hydrogen-bond donors (Lipinski definition) is 1. The summed E-state index contributed by atoms with van der Waals surface area (Å²) in [5, 5.41) is 11.0. The van der Waals surface area contributed by atoms with Gasteiger partial charge in [0.1, 0.15) is 11.5 Å². The molecule has 8 heteroatoms. The Hall–Kier alpha value is -1.80. The molecular formula is C16H21N3O3S2. The Morgan fingerprint density at radius 3 is 2.67 bits per heavy atom. The zero-order valence-electron chi connectivity index (χ0n) is 14.4. The van der Waals surface area contributed by atoms with E-state index in [2.05, 4.69) is 36.3 Å². The van der Waals surface area contributed by atoms with Gasteiger partial charge in [-0.05, 0) is 29.9 Å². The van der Waals surface area contributed by atoms with Crippen LogP contribution >= 0.6 is 23.1 Å². The predicted molar refractivity (Wildman–Crippen MR) is 97.5 cm³/mol. The number of carbonyl (C=O) groups excluding carboxylic acids is 1. The summed E-state index contributed by atoms with van der Waals surface area (Å²) in [5.74, 6) is 1.16. The quantitative estimate of drug-likeness (QED) is 0.621. The molecule has 0 fully saturated rings. The molecule has 0 spiro atoms. The Kier molecular flexibility index (Phi) is 6.06. The molecule has 1 amide bonds. The van der Waals surface area contributed by atoms with Gasteiger partial charge in [-0.1, -0.05) is 43.9 Å². The smallest absolute Gasteiger partial charge is 0.264 e. The van der Waals surface area contributed by atoms with Crippen LogP contribution in [0.25, 0.3) is 0 Å². The van der Waals surface area contributed by atoms with Gasteiger partial charge in [0.15, 0.2) is 10.9 Å². The monoisotopic (exact) mass is 367 g/mol. The van der Waals surface area contributed by atoms with Crippen LogP contribution in [-0.2, 0) is 10.2 Å². The number of thioether (sulfide) groups is 1. The van der Waals surface area contributed by atoms with Gasteiger partial charge in [0.2, 0.25) is 5.13 Å². The van der Waals surface area contributed by atoms with E-state index in [9.17, 15) is 4.79 Å². The lowest BCUT2D eigenvalue weighted by Gasteiger charge is -2.23. The lowest BCUT2D eigenvalue weighted by atomic mass is 9.86. The molecule has 0 radical (unpaired) electrons. The molecule has 0 saturated carbocycles. The van der Waals surface area contributed by atoms with Crippen molar-refractivity contribution in [1.82, 2.24) is 10.2 Å². The molecule has 2 aromatic rings. The van der Waals surface area contributed by atoms with E-state index >= 15 is 0 Å². The van der Waals surface area contributed by atoms with Crippen molar-refractivity contribution in [3.8, 4) is 11.5 Å². The fourth-order valence-corrected chi connectivity index (χ4v) is 3.18. The first-order valence-electron chi connectivity index (χ1n) is 7.32. The summed E-state index contributed by atoms with van der Waals surface area (Å²) in [6.07, 6.45) is 1.91. The van der Waals surface area contributed by atoms with E-state index in [1.807, 2.05) is 24.5 Å². The highest BCUT2D eigenvalue weighted by Gasteiger charge is 2.20. The van der Waals surface area contributed by atoms with Crippen LogP contribution in [0.2, 0.25) is 0 Å². The van der Waals surface area contributed by atoms with Crippen LogP contribution in [0.15, 0.2) is 22.5 Å². The second kappa shape index (κ2) is 7.85. The Morgan fingerprint density at radius 2 is 2.08 bits per heavy atom. The molecule has 6 nitrogen and oxygen atoms in total. The number of rotatable bonds is 6. The van der Waals surface area contributed by atoms with Crippen LogP contribution in [0.3, 0.4) is 0 Å². The number of benzene rings is 1. The molecule has 0 bridgehead atoms. The maximum Gasteiger partial charge on any atom is 0.264 e. The summed E-state index contributed by atoms with van der Waals surface area (Å²) in [7, 11) is 1.63. The van der Waals surface area contributed by atoms with Crippen molar-refractivity contribution in [3.05, 3.63) is 23.8 Å². The topological polar surface area (TPSA) is 73.3 Å². The number of anilines is 1. The number of amides is 1. The minimum absolute atomic E-state index is 0.0937. The first-order valence-corrected chi connectivity index (χ1v) is 9.36. The number of hydrogen-bond acceptors (Lipinski definition) is 7. The lowest BCUT2D eigenvalue weighted by Crippen LogP contribution is -2.22. The van der Waals surface area contributed by atoms with Crippen LogP contribution in [0.1, 0.15) is 26.3 Å². The molecule has 0 saturated heterocycles. The van der Waals surface area contributed by atoms with Crippen LogP contribution < -0.4 is 14.8 Å². The van der Waals surface area contributed by atoms with E-state index in [0.717, 1.165) is 15.7 Å². The zero-order chi connectivity index (χ0) is 17.7. The summed E-state index contributed by atoms with van der Waals surface area (Å²) in [5.41, 5.74) is 0.850. The second-order valence-corrected chi connectivity index (χ2v) is 8.06. The summed E-state index contributed by atoms with van der Waals surface area (Å²) >= 11 is 2.82. The fraction of sp³-hybridized carbons (Fsp3) is 0.438. The maximum atomic E-state index is 12.0. The molecule has 1 N–H and O–H groups in total. The minimum Gasteiger partial charge on any atom is -0.497 e. The number of aromatic nitrogens is 2. The van der Waals surface area contributed by atoms with Gasteiger partial charge in [0, 0.05) is 5.56 Å². The standard InChI is InChI=1S/C16H21N3O3S2/c1-16(2,3)11-8-10(21-4)6-7-12(11)22-9-13(20)17-14-18-19-15(23-5)24-14/h6-8H,9H2,1-5H3,(H,17,18,20). The van der Waals surface area contributed by atoms with Gasteiger partial charge in [-0.3, -0.25) is 10.1 Å². The zero-order valence-corrected chi connectivity index (χ0v) is 16.0. The summed E-state index contributed by atoms with van der Waals surface area (Å²) in [4.78, 5) is 12.0. The number of methoxy groups -OCH3 is 1. The van der Waals surface area contributed by atoms with E-state index in [1.165, 1.54) is 23.1 Å². The highest BCUT2D eigenvalue weighted by Crippen LogP contribution is 2.34. The summed E-state index contributed by atoms with van der Waals surface area (Å²) in [6, 6.07) is 5.57. The molecule has 0 aliphatic heterocycles. The number of nitrogens with one attached hydrogen (secondary N) is 1. The van der Waals surface area contributed by atoms with Crippen molar-refractivity contribution >= 4 is 34.1 Å². The molecule has 0 aliphatic carbocycles. The largest absolute Gasteiger partial charge is 0.497 e. The molecular weight excluding hydrogens is 346 g/mol. The lowest BCUT2D eigenvalue weighted by molar-refractivity contribution is -0.118. The third kappa shape index (κ3) is 4.85. The molecule has 2 rings (SSSR count).